The largest absolute Gasteiger partial charge is 0.349 e. The van der Waals surface area contributed by atoms with Gasteiger partial charge in [0.25, 0.3) is 5.91 Å². The quantitative estimate of drug-likeness (QED) is 0.789. The van der Waals surface area contributed by atoms with Crippen molar-refractivity contribution in [2.24, 2.45) is 0 Å². The van der Waals surface area contributed by atoms with Crippen molar-refractivity contribution < 1.29 is 4.79 Å². The minimum Gasteiger partial charge on any atom is -0.349 e. The third-order valence-corrected chi connectivity index (χ3v) is 5.57. The highest BCUT2D eigenvalue weighted by atomic mass is 32.1. The summed E-state index contributed by atoms with van der Waals surface area (Å²) in [6.07, 6.45) is 4.65. The number of nitrogens with one attached hydrogen (secondary N) is 1. The van der Waals surface area contributed by atoms with E-state index >= 15 is 0 Å². The van der Waals surface area contributed by atoms with Crippen molar-refractivity contribution >= 4 is 27.5 Å². The number of benzene rings is 1. The summed E-state index contributed by atoms with van der Waals surface area (Å²) >= 11 is 1.52. The van der Waals surface area contributed by atoms with Gasteiger partial charge in [-0.25, -0.2) is 4.68 Å². The molecule has 2 aromatic heterocycles. The Balaban J connectivity index is 1.69. The van der Waals surface area contributed by atoms with Gasteiger partial charge in [0.15, 0.2) is 0 Å². The third-order valence-electron chi connectivity index (χ3n) is 4.46. The van der Waals surface area contributed by atoms with E-state index in [2.05, 4.69) is 10.4 Å². The topological polar surface area (TPSA) is 46.9 Å². The molecule has 1 N–H and O–H groups in total. The Kier molecular flexibility index (Phi) is 3.65. The highest BCUT2D eigenvalue weighted by molar-refractivity contribution is 7.20. The Morgan fingerprint density at radius 3 is 2.74 bits per heavy atom. The van der Waals surface area contributed by atoms with E-state index in [0.717, 1.165) is 39.3 Å². The molecule has 0 radical (unpaired) electrons. The first-order chi connectivity index (χ1) is 11.2. The molecule has 1 saturated carbocycles. The molecular formula is C18H19N3OS. The maximum absolute atomic E-state index is 12.5. The molecule has 0 aliphatic heterocycles. The normalized spacial score (nSPS) is 15.3. The lowest BCUT2D eigenvalue weighted by atomic mass is 10.2. The molecule has 5 heteroatoms. The smallest absolute Gasteiger partial charge is 0.261 e. The standard InChI is InChI=1S/C18H19N3OS/c1-12-15-11-16(17(22)19-13-7-5-6-8-13)23-18(15)21(20-12)14-9-3-2-4-10-14/h2-4,9-11,13H,5-8H2,1H3,(H,19,22). The maximum Gasteiger partial charge on any atom is 0.261 e. The number of para-hydroxylation sites is 1. The average Bonchev–Trinajstić information content (AvgIpc) is 3.27. The van der Waals surface area contributed by atoms with E-state index in [9.17, 15) is 4.79 Å². The van der Waals surface area contributed by atoms with Crippen LogP contribution in [0.4, 0.5) is 0 Å². The predicted octanol–water partition coefficient (Wildman–Crippen LogP) is 4.07. The lowest BCUT2D eigenvalue weighted by Crippen LogP contribution is -2.31. The molecule has 23 heavy (non-hydrogen) atoms. The van der Waals surface area contributed by atoms with Crippen molar-refractivity contribution in [2.75, 3.05) is 0 Å². The van der Waals surface area contributed by atoms with Gasteiger partial charge < -0.3 is 5.32 Å². The first-order valence-electron chi connectivity index (χ1n) is 8.08. The zero-order valence-corrected chi connectivity index (χ0v) is 13.9. The summed E-state index contributed by atoms with van der Waals surface area (Å²) in [5, 5.41) is 8.85. The second-order valence-electron chi connectivity index (χ2n) is 6.12. The number of hydrogen-bond donors (Lipinski definition) is 1. The summed E-state index contributed by atoms with van der Waals surface area (Å²) in [5.74, 6) is 0.0529. The van der Waals surface area contributed by atoms with Gasteiger partial charge in [-0.2, -0.15) is 5.10 Å². The number of fused-ring (bicyclic) bond motifs is 1. The molecule has 1 aliphatic carbocycles. The van der Waals surface area contributed by atoms with Gasteiger partial charge in [-0.3, -0.25) is 4.79 Å². The lowest BCUT2D eigenvalue weighted by Gasteiger charge is -2.10. The fraction of sp³-hybridized carbons (Fsp3) is 0.333. The number of hydrogen-bond acceptors (Lipinski definition) is 3. The fourth-order valence-electron chi connectivity index (χ4n) is 3.23. The van der Waals surface area contributed by atoms with Gasteiger partial charge in [0.05, 0.1) is 16.3 Å². The zero-order valence-electron chi connectivity index (χ0n) is 13.1. The number of thiophene rings is 1. The number of aromatic nitrogens is 2. The molecule has 3 aromatic rings. The van der Waals surface area contributed by atoms with Crippen LogP contribution in [-0.4, -0.2) is 21.7 Å². The first kappa shape index (κ1) is 14.5. The number of aryl methyl sites for hydroxylation is 1. The third kappa shape index (κ3) is 2.65. The van der Waals surface area contributed by atoms with E-state index in [-0.39, 0.29) is 5.91 Å². The number of rotatable bonds is 3. The lowest BCUT2D eigenvalue weighted by molar-refractivity contribution is 0.0942. The van der Waals surface area contributed by atoms with E-state index in [1.165, 1.54) is 24.2 Å². The Morgan fingerprint density at radius 1 is 1.26 bits per heavy atom. The second kappa shape index (κ2) is 5.81. The van der Waals surface area contributed by atoms with Crippen LogP contribution >= 0.6 is 11.3 Å². The maximum atomic E-state index is 12.5. The minimum atomic E-state index is 0.0529. The second-order valence-corrected chi connectivity index (χ2v) is 7.15. The minimum absolute atomic E-state index is 0.0529. The predicted molar refractivity (Wildman–Crippen MR) is 93.4 cm³/mol. The van der Waals surface area contributed by atoms with E-state index in [1.54, 1.807) is 0 Å². The van der Waals surface area contributed by atoms with Gasteiger partial charge >= 0.3 is 0 Å². The van der Waals surface area contributed by atoms with Crippen molar-refractivity contribution in [3.63, 3.8) is 0 Å². The van der Waals surface area contributed by atoms with Gasteiger partial charge in [0, 0.05) is 11.4 Å². The highest BCUT2D eigenvalue weighted by Crippen LogP contribution is 2.30. The van der Waals surface area contributed by atoms with Crippen LogP contribution in [0, 0.1) is 6.92 Å². The highest BCUT2D eigenvalue weighted by Gasteiger charge is 2.21. The number of carbonyl (C=O) groups excluding carboxylic acids is 1. The van der Waals surface area contributed by atoms with Crippen LogP contribution in [0.3, 0.4) is 0 Å². The Labute approximate surface area is 139 Å². The molecule has 1 aliphatic rings. The zero-order chi connectivity index (χ0) is 15.8. The summed E-state index contributed by atoms with van der Waals surface area (Å²) < 4.78 is 1.93. The molecule has 4 rings (SSSR count). The summed E-state index contributed by atoms with van der Waals surface area (Å²) in [6, 6.07) is 12.4. The van der Waals surface area contributed by atoms with Crippen molar-refractivity contribution in [2.45, 2.75) is 38.6 Å². The molecule has 2 heterocycles. The van der Waals surface area contributed by atoms with E-state index in [1.807, 2.05) is 48.0 Å². The van der Waals surface area contributed by atoms with Gasteiger partial charge in [0.2, 0.25) is 0 Å². The van der Waals surface area contributed by atoms with Crippen molar-refractivity contribution in [3.8, 4) is 5.69 Å². The number of amides is 1. The Hall–Kier alpha value is -2.14. The van der Waals surface area contributed by atoms with Crippen LogP contribution in [0.15, 0.2) is 36.4 Å². The number of nitrogens with zero attached hydrogens (tertiary/aromatic N) is 2. The van der Waals surface area contributed by atoms with Gasteiger partial charge in [0.1, 0.15) is 4.83 Å². The van der Waals surface area contributed by atoms with Gasteiger partial charge in [-0.05, 0) is 38.0 Å². The molecule has 0 atom stereocenters. The van der Waals surface area contributed by atoms with Crippen LogP contribution in [-0.2, 0) is 0 Å². The summed E-state index contributed by atoms with van der Waals surface area (Å²) in [7, 11) is 0. The molecule has 1 aromatic carbocycles. The monoisotopic (exact) mass is 325 g/mol. The molecule has 1 amide bonds. The SMILES string of the molecule is Cc1nn(-c2ccccc2)c2sc(C(=O)NC3CCCC3)cc12. The summed E-state index contributed by atoms with van der Waals surface area (Å²) in [6.45, 7) is 1.99. The molecule has 0 bridgehead atoms. The van der Waals surface area contributed by atoms with Crippen molar-refractivity contribution in [1.82, 2.24) is 15.1 Å². The van der Waals surface area contributed by atoms with Gasteiger partial charge in [-0.1, -0.05) is 31.0 Å². The van der Waals surface area contributed by atoms with Crippen LogP contribution in [0.1, 0.15) is 41.0 Å². The van der Waals surface area contributed by atoms with Gasteiger partial charge in [-0.15, -0.1) is 11.3 Å². The van der Waals surface area contributed by atoms with E-state index in [4.69, 9.17) is 0 Å². The first-order valence-corrected chi connectivity index (χ1v) is 8.89. The van der Waals surface area contributed by atoms with Crippen LogP contribution < -0.4 is 5.32 Å². The van der Waals surface area contributed by atoms with Crippen LogP contribution in [0.25, 0.3) is 15.9 Å². The van der Waals surface area contributed by atoms with E-state index in [0.29, 0.717) is 6.04 Å². The van der Waals surface area contributed by atoms with E-state index < -0.39 is 0 Å². The summed E-state index contributed by atoms with van der Waals surface area (Å²) in [5.41, 5.74) is 1.98. The number of carbonyl (C=O) groups is 1. The molecule has 0 saturated heterocycles. The van der Waals surface area contributed by atoms with Crippen molar-refractivity contribution in [3.05, 3.63) is 47.0 Å². The Morgan fingerprint density at radius 2 is 2.00 bits per heavy atom. The molecule has 0 unspecified atom stereocenters. The van der Waals surface area contributed by atoms with Crippen LogP contribution in [0.2, 0.25) is 0 Å². The fourth-order valence-corrected chi connectivity index (χ4v) is 4.32. The average molecular weight is 325 g/mol. The molecule has 1 fully saturated rings. The molecule has 0 spiro atoms. The van der Waals surface area contributed by atoms with Crippen molar-refractivity contribution in [1.29, 1.82) is 0 Å². The molecule has 4 nitrogen and oxygen atoms in total. The van der Waals surface area contributed by atoms with Crippen LogP contribution in [0.5, 0.6) is 0 Å². The molecule has 118 valence electrons. The Bertz CT molecular complexity index is 844. The molecular weight excluding hydrogens is 306 g/mol. The summed E-state index contributed by atoms with van der Waals surface area (Å²) in [4.78, 5) is 14.3.